The first-order chi connectivity index (χ1) is 7.90. The Morgan fingerprint density at radius 1 is 1.47 bits per heavy atom. The van der Waals surface area contributed by atoms with Crippen molar-refractivity contribution in [1.82, 2.24) is 0 Å². The normalized spacial score (nSPS) is 9.53. The van der Waals surface area contributed by atoms with E-state index in [4.69, 9.17) is 10.8 Å². The van der Waals surface area contributed by atoms with E-state index in [2.05, 4.69) is 16.6 Å². The van der Waals surface area contributed by atoms with Crippen molar-refractivity contribution in [3.8, 4) is 0 Å². The van der Waals surface area contributed by atoms with Gasteiger partial charge in [0, 0.05) is 19.2 Å². The van der Waals surface area contributed by atoms with E-state index in [-0.39, 0.29) is 12.3 Å². The van der Waals surface area contributed by atoms with Gasteiger partial charge in [0.15, 0.2) is 0 Å². The van der Waals surface area contributed by atoms with Crippen molar-refractivity contribution in [3.05, 3.63) is 12.3 Å². The molecule has 0 aliphatic carbocycles. The third kappa shape index (κ3) is 40.5. The van der Waals surface area contributed by atoms with E-state index < -0.39 is 5.97 Å². The average Bonchev–Trinajstić information content (AvgIpc) is 2.19. The van der Waals surface area contributed by atoms with Crippen molar-refractivity contribution < 1.29 is 9.90 Å². The Morgan fingerprint density at radius 3 is 2.12 bits per heavy atom. The second kappa shape index (κ2) is 16.8. The predicted molar refractivity (Wildman–Crippen MR) is 74.7 cm³/mol. The molecule has 0 atom stereocenters. The number of allylic oxidation sites excluding steroid dienone is 1. The molecule has 0 bridgehead atoms. The molecule has 0 aliphatic rings. The summed E-state index contributed by atoms with van der Waals surface area (Å²) in [5.74, 6) is -0.438. The fourth-order valence-electron chi connectivity index (χ4n) is 0.545. The summed E-state index contributed by atoms with van der Waals surface area (Å²) in [5, 5.41) is 8.08. The number of aliphatic imine (C=N–C) groups is 2. The van der Waals surface area contributed by atoms with E-state index in [9.17, 15) is 4.79 Å². The molecule has 0 saturated heterocycles. The number of nitrogens with zero attached hydrogens (tertiary/aromatic N) is 2. The van der Waals surface area contributed by atoms with Crippen molar-refractivity contribution in [2.24, 2.45) is 21.6 Å². The predicted octanol–water partition coefficient (Wildman–Crippen LogP) is 2.33. The number of carboxylic acid groups (broad SMARTS) is 1. The van der Waals surface area contributed by atoms with Crippen molar-refractivity contribution in [2.75, 3.05) is 7.05 Å². The molecule has 0 aromatic rings. The lowest BCUT2D eigenvalue weighted by atomic mass is 10.1. The van der Waals surface area contributed by atoms with E-state index in [1.54, 1.807) is 7.05 Å². The van der Waals surface area contributed by atoms with Gasteiger partial charge in [-0.1, -0.05) is 34.3 Å². The molecule has 0 rings (SSSR count). The van der Waals surface area contributed by atoms with Crippen molar-refractivity contribution in [1.29, 1.82) is 0 Å². The van der Waals surface area contributed by atoms with Crippen LogP contribution >= 0.6 is 0 Å². The molecule has 0 amide bonds. The Bertz CT molecular complexity index is 246. The van der Waals surface area contributed by atoms with Crippen LogP contribution in [0.5, 0.6) is 0 Å². The summed E-state index contributed by atoms with van der Waals surface area (Å²) < 4.78 is 0. The molecule has 0 spiro atoms. The topological polar surface area (TPSA) is 88.0 Å². The standard InChI is InChI=1S/C5H9N3.C5H10O2.C2H6/c1-5(6)3-8-4-7-2;1-4(2)3-5(6)7;1-2/h3-4H,1,6H2,2H3;4H,3H2,1-2H3,(H,6,7);1-2H3. The van der Waals surface area contributed by atoms with Crippen LogP contribution in [0.25, 0.3) is 0 Å². The lowest BCUT2D eigenvalue weighted by Crippen LogP contribution is -1.99. The fourth-order valence-corrected chi connectivity index (χ4v) is 0.545. The van der Waals surface area contributed by atoms with Crippen molar-refractivity contribution >= 4 is 18.5 Å². The quantitative estimate of drug-likeness (QED) is 0.586. The van der Waals surface area contributed by atoms with E-state index in [0.717, 1.165) is 0 Å². The van der Waals surface area contributed by atoms with E-state index in [0.29, 0.717) is 5.70 Å². The first kappa shape index (κ1) is 20.7. The Hall–Kier alpha value is -1.65. The average molecular weight is 243 g/mol. The van der Waals surface area contributed by atoms with Gasteiger partial charge in [-0.25, -0.2) is 4.99 Å². The third-order valence-electron chi connectivity index (χ3n) is 1.01. The first-order valence-electron chi connectivity index (χ1n) is 5.50. The summed E-state index contributed by atoms with van der Waals surface area (Å²) in [4.78, 5) is 17.0. The molecule has 0 aliphatic heterocycles. The number of carbonyl (C=O) groups is 1. The summed E-state index contributed by atoms with van der Waals surface area (Å²) in [6.45, 7) is 11.2. The number of carboxylic acids is 1. The smallest absolute Gasteiger partial charge is 0.303 e. The summed E-state index contributed by atoms with van der Waals surface area (Å²) in [6, 6.07) is 0. The number of hydrogen-bond donors (Lipinski definition) is 2. The minimum Gasteiger partial charge on any atom is -0.481 e. The van der Waals surface area contributed by atoms with E-state index >= 15 is 0 Å². The molecule has 0 unspecified atom stereocenters. The summed E-state index contributed by atoms with van der Waals surface area (Å²) in [6.07, 6.45) is 3.12. The second-order valence-electron chi connectivity index (χ2n) is 3.22. The van der Waals surface area contributed by atoms with Gasteiger partial charge in [-0.15, -0.1) is 0 Å². The van der Waals surface area contributed by atoms with Gasteiger partial charge in [0.25, 0.3) is 0 Å². The maximum Gasteiger partial charge on any atom is 0.303 e. The molecular weight excluding hydrogens is 218 g/mol. The van der Waals surface area contributed by atoms with Crippen LogP contribution in [-0.4, -0.2) is 30.7 Å². The molecule has 0 heterocycles. The van der Waals surface area contributed by atoms with Crippen LogP contribution in [0.1, 0.15) is 34.1 Å². The Labute approximate surface area is 104 Å². The van der Waals surface area contributed by atoms with Gasteiger partial charge in [-0.2, -0.15) is 0 Å². The SMILES string of the molecule is C=C(N)C=NC=NC.CC.CC(C)CC(=O)O. The maximum absolute atomic E-state index is 9.81. The number of nitrogens with two attached hydrogens (primary N) is 1. The Morgan fingerprint density at radius 2 is 1.94 bits per heavy atom. The fraction of sp³-hybridized carbons (Fsp3) is 0.583. The van der Waals surface area contributed by atoms with Crippen LogP contribution in [0.2, 0.25) is 0 Å². The van der Waals surface area contributed by atoms with Crippen LogP contribution in [0.3, 0.4) is 0 Å². The lowest BCUT2D eigenvalue weighted by Gasteiger charge is -1.94. The lowest BCUT2D eigenvalue weighted by molar-refractivity contribution is -0.137. The van der Waals surface area contributed by atoms with Crippen LogP contribution < -0.4 is 5.73 Å². The summed E-state index contributed by atoms with van der Waals surface area (Å²) in [7, 11) is 1.64. The van der Waals surface area contributed by atoms with E-state index in [1.807, 2.05) is 27.7 Å². The molecule has 0 aromatic heterocycles. The maximum atomic E-state index is 9.81. The van der Waals surface area contributed by atoms with Gasteiger partial charge in [0.05, 0.1) is 6.21 Å². The zero-order chi connectivity index (χ0) is 14.3. The molecule has 0 radical (unpaired) electrons. The molecule has 5 heteroatoms. The summed E-state index contributed by atoms with van der Waals surface area (Å²) in [5.41, 5.74) is 5.56. The largest absolute Gasteiger partial charge is 0.481 e. The van der Waals surface area contributed by atoms with Crippen LogP contribution in [-0.2, 0) is 4.79 Å². The molecule has 0 aromatic carbocycles. The highest BCUT2D eigenvalue weighted by Crippen LogP contribution is 1.96. The number of rotatable bonds is 4. The van der Waals surface area contributed by atoms with Gasteiger partial charge in [0.2, 0.25) is 0 Å². The van der Waals surface area contributed by atoms with Gasteiger partial charge >= 0.3 is 5.97 Å². The molecule has 0 saturated carbocycles. The monoisotopic (exact) mass is 243 g/mol. The third-order valence-corrected chi connectivity index (χ3v) is 1.01. The minimum atomic E-state index is -0.713. The Kier molecular flexibility index (Phi) is 20.4. The van der Waals surface area contributed by atoms with Crippen LogP contribution in [0.4, 0.5) is 0 Å². The van der Waals surface area contributed by atoms with Gasteiger partial charge in [0.1, 0.15) is 6.34 Å². The molecule has 3 N–H and O–H groups in total. The summed E-state index contributed by atoms with van der Waals surface area (Å²) >= 11 is 0. The highest BCUT2D eigenvalue weighted by Gasteiger charge is 1.98. The second-order valence-corrected chi connectivity index (χ2v) is 3.22. The number of hydrogen-bond acceptors (Lipinski definition) is 3. The first-order valence-corrected chi connectivity index (χ1v) is 5.50. The Balaban J connectivity index is -0.000000202. The molecular formula is C12H25N3O2. The zero-order valence-corrected chi connectivity index (χ0v) is 11.5. The molecule has 5 nitrogen and oxygen atoms in total. The van der Waals surface area contributed by atoms with Gasteiger partial charge in [-0.05, 0) is 5.92 Å². The van der Waals surface area contributed by atoms with E-state index in [1.165, 1.54) is 12.6 Å². The van der Waals surface area contributed by atoms with Crippen molar-refractivity contribution in [3.63, 3.8) is 0 Å². The van der Waals surface area contributed by atoms with Gasteiger partial charge in [-0.3, -0.25) is 9.79 Å². The highest BCUT2D eigenvalue weighted by atomic mass is 16.4. The van der Waals surface area contributed by atoms with Crippen molar-refractivity contribution in [2.45, 2.75) is 34.1 Å². The number of aliphatic carboxylic acids is 1. The minimum absolute atomic E-state index is 0.275. The van der Waals surface area contributed by atoms with Crippen LogP contribution in [0, 0.1) is 5.92 Å². The zero-order valence-electron chi connectivity index (χ0n) is 11.5. The van der Waals surface area contributed by atoms with Gasteiger partial charge < -0.3 is 10.8 Å². The highest BCUT2D eigenvalue weighted by molar-refractivity contribution is 5.83. The molecule has 0 fully saturated rings. The molecule has 17 heavy (non-hydrogen) atoms. The van der Waals surface area contributed by atoms with Crippen LogP contribution in [0.15, 0.2) is 22.3 Å². The molecule has 100 valence electrons.